The number of halogens is 1. The lowest BCUT2D eigenvalue weighted by atomic mass is 10.1. The van der Waals surface area contributed by atoms with Crippen molar-refractivity contribution in [1.82, 2.24) is 19.7 Å². The van der Waals surface area contributed by atoms with Crippen LogP contribution in [0, 0.1) is 5.82 Å². The van der Waals surface area contributed by atoms with Crippen molar-refractivity contribution in [3.63, 3.8) is 0 Å². The minimum absolute atomic E-state index is 0.0749. The number of amides is 1. The van der Waals surface area contributed by atoms with E-state index in [0.29, 0.717) is 24.3 Å². The fraction of sp³-hybridized carbons (Fsp3) is 0.292. The molecule has 1 amide bonds. The minimum Gasteiger partial charge on any atom is -0.463 e. The van der Waals surface area contributed by atoms with Crippen molar-refractivity contribution in [1.29, 1.82) is 0 Å². The van der Waals surface area contributed by atoms with Gasteiger partial charge in [-0.15, -0.1) is 0 Å². The summed E-state index contributed by atoms with van der Waals surface area (Å²) in [6.07, 6.45) is 4.09. The molecule has 9 nitrogen and oxygen atoms in total. The Balaban J connectivity index is 1.46. The van der Waals surface area contributed by atoms with Crippen LogP contribution in [0.5, 0.6) is 0 Å². The highest BCUT2D eigenvalue weighted by atomic mass is 19.1. The Morgan fingerprint density at radius 3 is 2.91 bits per heavy atom. The Kier molecular flexibility index (Phi) is 5.76. The number of aryl methyl sites for hydroxylation is 1. The maximum absolute atomic E-state index is 14.9. The molecule has 34 heavy (non-hydrogen) atoms. The first kappa shape index (κ1) is 22.1. The molecule has 176 valence electrons. The summed E-state index contributed by atoms with van der Waals surface area (Å²) in [4.78, 5) is 26.0. The highest BCUT2D eigenvalue weighted by Crippen LogP contribution is 2.22. The zero-order valence-corrected chi connectivity index (χ0v) is 18.4. The van der Waals surface area contributed by atoms with Gasteiger partial charge in [-0.1, -0.05) is 12.1 Å². The molecule has 0 spiro atoms. The molecule has 0 aliphatic carbocycles. The first-order chi connectivity index (χ1) is 16.4. The van der Waals surface area contributed by atoms with Gasteiger partial charge in [-0.3, -0.25) is 14.3 Å². The Morgan fingerprint density at radius 2 is 2.18 bits per heavy atom. The molecule has 1 fully saturated rings. The van der Waals surface area contributed by atoms with E-state index in [1.807, 2.05) is 0 Å². The zero-order chi connectivity index (χ0) is 23.8. The average molecular weight is 466 g/mol. The smallest absolute Gasteiger partial charge is 0.262 e. The van der Waals surface area contributed by atoms with Crippen molar-refractivity contribution in [3.05, 3.63) is 76.3 Å². The number of nitrogens with one attached hydrogen (secondary N) is 1. The van der Waals surface area contributed by atoms with Crippen molar-refractivity contribution < 1.29 is 23.4 Å². The van der Waals surface area contributed by atoms with Gasteiger partial charge < -0.3 is 24.1 Å². The maximum atomic E-state index is 14.9. The van der Waals surface area contributed by atoms with Crippen LogP contribution < -0.4 is 10.9 Å². The van der Waals surface area contributed by atoms with Gasteiger partial charge in [0.15, 0.2) is 5.58 Å². The van der Waals surface area contributed by atoms with Crippen molar-refractivity contribution in [2.24, 2.45) is 7.05 Å². The largest absolute Gasteiger partial charge is 0.463 e. The third-order valence-corrected chi connectivity index (χ3v) is 5.98. The molecular weight excluding hydrogens is 443 g/mol. The number of benzene rings is 1. The SMILES string of the molecule is Cn1ccc(-c2ccc(Cn3cc(C(=O)N[C@H]4CCOC[C@@H]4O)c4occc4c3=O)c(F)c2)n1. The van der Waals surface area contributed by atoms with Gasteiger partial charge >= 0.3 is 0 Å². The molecule has 0 radical (unpaired) electrons. The quantitative estimate of drug-likeness (QED) is 0.466. The summed E-state index contributed by atoms with van der Waals surface area (Å²) in [6, 6.07) is 7.49. The summed E-state index contributed by atoms with van der Waals surface area (Å²) < 4.78 is 28.5. The lowest BCUT2D eigenvalue weighted by molar-refractivity contribution is -0.0260. The number of aliphatic hydroxyl groups excluding tert-OH is 1. The highest BCUT2D eigenvalue weighted by molar-refractivity contribution is 6.04. The van der Waals surface area contributed by atoms with Crippen LogP contribution in [0.15, 0.2) is 58.2 Å². The third kappa shape index (κ3) is 4.13. The number of aliphatic hydroxyl groups is 1. The van der Waals surface area contributed by atoms with Crippen LogP contribution >= 0.6 is 0 Å². The van der Waals surface area contributed by atoms with Gasteiger partial charge in [-0.05, 0) is 24.6 Å². The number of carbonyl (C=O) groups is 1. The number of carbonyl (C=O) groups excluding carboxylic acids is 1. The van der Waals surface area contributed by atoms with Crippen LogP contribution in [0.3, 0.4) is 0 Å². The van der Waals surface area contributed by atoms with Gasteiger partial charge in [0.05, 0.1) is 48.2 Å². The van der Waals surface area contributed by atoms with E-state index < -0.39 is 29.4 Å². The second-order valence-corrected chi connectivity index (χ2v) is 8.33. The zero-order valence-electron chi connectivity index (χ0n) is 18.4. The molecule has 2 N–H and O–H groups in total. The summed E-state index contributed by atoms with van der Waals surface area (Å²) in [7, 11) is 1.78. The van der Waals surface area contributed by atoms with Crippen LogP contribution in [-0.2, 0) is 18.3 Å². The van der Waals surface area contributed by atoms with Gasteiger partial charge in [-0.2, -0.15) is 5.10 Å². The first-order valence-corrected chi connectivity index (χ1v) is 10.9. The van der Waals surface area contributed by atoms with Crippen molar-refractivity contribution in [3.8, 4) is 11.3 Å². The van der Waals surface area contributed by atoms with Crippen molar-refractivity contribution in [2.75, 3.05) is 13.2 Å². The third-order valence-electron chi connectivity index (χ3n) is 5.98. The lowest BCUT2D eigenvalue weighted by Gasteiger charge is -2.28. The predicted molar refractivity (Wildman–Crippen MR) is 121 cm³/mol. The van der Waals surface area contributed by atoms with E-state index in [-0.39, 0.29) is 35.2 Å². The monoisotopic (exact) mass is 466 g/mol. The standard InChI is InChI=1S/C24H23FN4O5/c1-28-7-4-19(27-28)14-2-3-15(18(25)10-14)11-29-12-17(22-16(24(29)32)5-9-34-22)23(31)26-20-6-8-33-13-21(20)30/h2-5,7,9-10,12,20-21,30H,6,8,11,13H2,1H3,(H,26,31)/t20-,21-/m0/s1. The van der Waals surface area contributed by atoms with Crippen LogP contribution in [0.1, 0.15) is 22.3 Å². The Labute approximate surface area is 193 Å². The van der Waals surface area contributed by atoms with E-state index >= 15 is 0 Å². The summed E-state index contributed by atoms with van der Waals surface area (Å²) in [6.45, 7) is 0.480. The summed E-state index contributed by atoms with van der Waals surface area (Å²) in [5.74, 6) is -0.982. The predicted octanol–water partition coefficient (Wildman–Crippen LogP) is 2.06. The molecule has 5 rings (SSSR count). The van der Waals surface area contributed by atoms with E-state index in [2.05, 4.69) is 10.4 Å². The molecule has 0 unspecified atom stereocenters. The molecule has 1 aliphatic heterocycles. The van der Waals surface area contributed by atoms with Gasteiger partial charge in [0.1, 0.15) is 5.82 Å². The first-order valence-electron chi connectivity index (χ1n) is 10.9. The molecule has 0 bridgehead atoms. The molecule has 2 atom stereocenters. The molecule has 3 aromatic heterocycles. The van der Waals surface area contributed by atoms with Crippen molar-refractivity contribution >= 4 is 16.9 Å². The van der Waals surface area contributed by atoms with Gasteiger partial charge in [0.2, 0.25) is 0 Å². The van der Waals surface area contributed by atoms with Crippen LogP contribution in [0.4, 0.5) is 4.39 Å². The lowest BCUT2D eigenvalue weighted by Crippen LogP contribution is -2.48. The fourth-order valence-electron chi connectivity index (χ4n) is 4.12. The molecular formula is C24H23FN4O5. The highest BCUT2D eigenvalue weighted by Gasteiger charge is 2.27. The summed E-state index contributed by atoms with van der Waals surface area (Å²) in [5, 5.41) is 17.4. The summed E-state index contributed by atoms with van der Waals surface area (Å²) >= 11 is 0. The van der Waals surface area contributed by atoms with E-state index in [9.17, 15) is 19.1 Å². The van der Waals surface area contributed by atoms with Crippen LogP contribution in [0.25, 0.3) is 22.2 Å². The van der Waals surface area contributed by atoms with E-state index in [0.717, 1.165) is 0 Å². The Hall–Kier alpha value is -3.76. The number of aromatic nitrogens is 3. The van der Waals surface area contributed by atoms with Gasteiger partial charge in [-0.25, -0.2) is 4.39 Å². The van der Waals surface area contributed by atoms with E-state index in [4.69, 9.17) is 9.15 Å². The Bertz CT molecular complexity index is 1420. The minimum atomic E-state index is -0.831. The van der Waals surface area contributed by atoms with E-state index in [1.54, 1.807) is 36.1 Å². The molecule has 10 heteroatoms. The maximum Gasteiger partial charge on any atom is 0.262 e. The molecule has 0 saturated carbocycles. The number of ether oxygens (including phenoxy) is 1. The number of rotatable bonds is 5. The Morgan fingerprint density at radius 1 is 1.32 bits per heavy atom. The van der Waals surface area contributed by atoms with Crippen molar-refractivity contribution in [2.45, 2.75) is 25.1 Å². The van der Waals surface area contributed by atoms with Gasteiger partial charge in [0, 0.05) is 37.2 Å². The number of nitrogens with zero attached hydrogens (tertiary/aromatic N) is 3. The molecule has 4 heterocycles. The van der Waals surface area contributed by atoms with Crippen LogP contribution in [-0.4, -0.2) is 50.7 Å². The number of fused-ring (bicyclic) bond motifs is 1. The fourth-order valence-corrected chi connectivity index (χ4v) is 4.12. The van der Waals surface area contributed by atoms with Gasteiger partial charge in [0.25, 0.3) is 11.5 Å². The number of pyridine rings is 1. The summed E-state index contributed by atoms with van der Waals surface area (Å²) in [5.41, 5.74) is 1.42. The molecule has 1 aromatic carbocycles. The van der Waals surface area contributed by atoms with E-state index in [1.165, 1.54) is 29.2 Å². The van der Waals surface area contributed by atoms with Crippen LogP contribution in [0.2, 0.25) is 0 Å². The normalized spacial score (nSPS) is 18.3. The second kappa shape index (κ2) is 8.88. The molecule has 4 aromatic rings. The molecule has 1 saturated heterocycles. The number of hydrogen-bond donors (Lipinski definition) is 2. The molecule has 1 aliphatic rings. The number of hydrogen-bond acceptors (Lipinski definition) is 6. The number of furan rings is 1. The topological polar surface area (TPSA) is 112 Å². The second-order valence-electron chi connectivity index (χ2n) is 8.33. The average Bonchev–Trinajstić information content (AvgIpc) is 3.48.